The van der Waals surface area contributed by atoms with E-state index in [2.05, 4.69) is 6.58 Å². The van der Waals surface area contributed by atoms with Gasteiger partial charge in [-0.05, 0) is 18.1 Å². The maximum atomic E-state index is 11.0. The van der Waals surface area contributed by atoms with E-state index in [0.717, 1.165) is 11.1 Å². The summed E-state index contributed by atoms with van der Waals surface area (Å²) in [7, 11) is 0. The average molecular weight is 232 g/mol. The Hall–Kier alpha value is -1.90. The van der Waals surface area contributed by atoms with E-state index in [4.69, 9.17) is 4.74 Å². The second kappa shape index (κ2) is 5.99. The maximum Gasteiger partial charge on any atom is 0.303 e. The number of aryl methyl sites for hydroxylation is 1. The van der Waals surface area contributed by atoms with Gasteiger partial charge in [0.15, 0.2) is 12.4 Å². The van der Waals surface area contributed by atoms with Crippen molar-refractivity contribution in [2.24, 2.45) is 0 Å². The number of carbonyl (C=O) groups excluding carboxylic acids is 2. The lowest BCUT2D eigenvalue weighted by Gasteiger charge is -2.21. The molecule has 0 bridgehead atoms. The minimum atomic E-state index is -0.814. The SMILES string of the molecule is C=C[C@H](c1ccccc1C)[C@H](C=O)OC(C)=O. The first-order valence-corrected chi connectivity index (χ1v) is 5.40. The Bertz CT molecular complexity index is 423. The van der Waals surface area contributed by atoms with Crippen molar-refractivity contribution in [3.63, 3.8) is 0 Å². The smallest absolute Gasteiger partial charge is 0.303 e. The zero-order valence-electron chi connectivity index (χ0n) is 10.1. The molecule has 0 unspecified atom stereocenters. The molecule has 1 aromatic carbocycles. The van der Waals surface area contributed by atoms with Gasteiger partial charge in [0.25, 0.3) is 0 Å². The van der Waals surface area contributed by atoms with Crippen LogP contribution < -0.4 is 0 Å². The number of aldehydes is 1. The Kier molecular flexibility index (Phi) is 4.64. The quantitative estimate of drug-likeness (QED) is 0.445. The molecule has 1 aromatic rings. The van der Waals surface area contributed by atoms with Gasteiger partial charge in [-0.15, -0.1) is 6.58 Å². The van der Waals surface area contributed by atoms with Crippen LogP contribution in [0.3, 0.4) is 0 Å². The van der Waals surface area contributed by atoms with Crippen molar-refractivity contribution in [2.75, 3.05) is 0 Å². The molecule has 0 fully saturated rings. The van der Waals surface area contributed by atoms with E-state index < -0.39 is 12.1 Å². The lowest BCUT2D eigenvalue weighted by molar-refractivity contribution is -0.150. The van der Waals surface area contributed by atoms with Crippen LogP contribution >= 0.6 is 0 Å². The predicted molar refractivity (Wildman–Crippen MR) is 65.7 cm³/mol. The van der Waals surface area contributed by atoms with Crippen molar-refractivity contribution in [1.29, 1.82) is 0 Å². The van der Waals surface area contributed by atoms with Crippen LogP contribution in [0.25, 0.3) is 0 Å². The van der Waals surface area contributed by atoms with Gasteiger partial charge in [0.1, 0.15) is 0 Å². The minimum absolute atomic E-state index is 0.308. The van der Waals surface area contributed by atoms with Crippen molar-refractivity contribution in [3.8, 4) is 0 Å². The first kappa shape index (κ1) is 13.2. The largest absolute Gasteiger partial charge is 0.454 e. The lowest BCUT2D eigenvalue weighted by atomic mass is 9.90. The number of hydrogen-bond donors (Lipinski definition) is 0. The third kappa shape index (κ3) is 3.28. The summed E-state index contributed by atoms with van der Waals surface area (Å²) < 4.78 is 4.98. The van der Waals surface area contributed by atoms with Crippen LogP contribution in [0.2, 0.25) is 0 Å². The first-order chi connectivity index (χ1) is 8.10. The van der Waals surface area contributed by atoms with Crippen LogP contribution in [-0.2, 0) is 14.3 Å². The molecule has 0 N–H and O–H groups in total. The fourth-order valence-electron chi connectivity index (χ4n) is 1.78. The van der Waals surface area contributed by atoms with E-state index in [1.54, 1.807) is 6.08 Å². The Balaban J connectivity index is 3.05. The Labute approximate surface area is 101 Å². The topological polar surface area (TPSA) is 43.4 Å². The van der Waals surface area contributed by atoms with Gasteiger partial charge in [0.2, 0.25) is 0 Å². The summed E-state index contributed by atoms with van der Waals surface area (Å²) in [6.07, 6.45) is 1.45. The van der Waals surface area contributed by atoms with E-state index >= 15 is 0 Å². The maximum absolute atomic E-state index is 11.0. The van der Waals surface area contributed by atoms with Crippen LogP contribution in [0.5, 0.6) is 0 Å². The van der Waals surface area contributed by atoms with E-state index in [1.165, 1.54) is 6.92 Å². The number of carbonyl (C=O) groups is 2. The van der Waals surface area contributed by atoms with Crippen molar-refractivity contribution in [3.05, 3.63) is 48.0 Å². The summed E-state index contributed by atoms with van der Waals surface area (Å²) in [5, 5.41) is 0. The molecule has 3 nitrogen and oxygen atoms in total. The van der Waals surface area contributed by atoms with Crippen molar-refractivity contribution < 1.29 is 14.3 Å². The molecule has 17 heavy (non-hydrogen) atoms. The molecule has 1 rings (SSSR count). The van der Waals surface area contributed by atoms with Crippen molar-refractivity contribution in [1.82, 2.24) is 0 Å². The summed E-state index contributed by atoms with van der Waals surface area (Å²) in [6.45, 7) is 6.94. The molecular weight excluding hydrogens is 216 g/mol. The summed E-state index contributed by atoms with van der Waals surface area (Å²) in [4.78, 5) is 21.9. The summed E-state index contributed by atoms with van der Waals surface area (Å²) >= 11 is 0. The summed E-state index contributed by atoms with van der Waals surface area (Å²) in [5.74, 6) is -0.778. The fraction of sp³-hybridized carbons (Fsp3) is 0.286. The second-order valence-corrected chi connectivity index (χ2v) is 3.83. The van der Waals surface area contributed by atoms with E-state index in [-0.39, 0.29) is 5.92 Å². The number of hydrogen-bond acceptors (Lipinski definition) is 3. The van der Waals surface area contributed by atoms with Gasteiger partial charge in [0.05, 0.1) is 0 Å². The van der Waals surface area contributed by atoms with Gasteiger partial charge in [-0.3, -0.25) is 9.59 Å². The van der Waals surface area contributed by atoms with Crippen molar-refractivity contribution >= 4 is 12.3 Å². The lowest BCUT2D eigenvalue weighted by Crippen LogP contribution is -2.25. The van der Waals surface area contributed by atoms with Crippen LogP contribution in [0.15, 0.2) is 36.9 Å². The highest BCUT2D eigenvalue weighted by atomic mass is 16.5. The highest BCUT2D eigenvalue weighted by Crippen LogP contribution is 2.25. The fourth-order valence-corrected chi connectivity index (χ4v) is 1.78. The second-order valence-electron chi connectivity index (χ2n) is 3.83. The molecule has 0 aliphatic carbocycles. The number of benzene rings is 1. The highest BCUT2D eigenvalue weighted by molar-refractivity contribution is 5.71. The Morgan fingerprint density at radius 1 is 1.41 bits per heavy atom. The summed E-state index contributed by atoms with van der Waals surface area (Å²) in [6, 6.07) is 7.65. The van der Waals surface area contributed by atoms with Gasteiger partial charge in [-0.1, -0.05) is 30.3 Å². The predicted octanol–water partition coefficient (Wildman–Crippen LogP) is 2.40. The van der Waals surface area contributed by atoms with Crippen LogP contribution in [0, 0.1) is 6.92 Å². The van der Waals surface area contributed by atoms with Crippen molar-refractivity contribution in [2.45, 2.75) is 25.9 Å². The molecule has 0 heterocycles. The molecule has 0 aliphatic rings. The monoisotopic (exact) mass is 232 g/mol. The molecule has 0 radical (unpaired) electrons. The van der Waals surface area contributed by atoms with Gasteiger partial charge < -0.3 is 4.74 Å². The molecule has 0 aliphatic heterocycles. The van der Waals surface area contributed by atoms with Crippen LogP contribution in [-0.4, -0.2) is 18.4 Å². The standard InChI is InChI=1S/C14H16O3/c1-4-12(14(9-15)17-11(3)16)13-8-6-5-7-10(13)2/h4-9,12,14H,1H2,2-3H3/t12-,14+/m1/s1. The highest BCUT2D eigenvalue weighted by Gasteiger charge is 2.23. The number of esters is 1. The van der Waals surface area contributed by atoms with Gasteiger partial charge in [-0.2, -0.15) is 0 Å². The Morgan fingerprint density at radius 3 is 2.53 bits per heavy atom. The van der Waals surface area contributed by atoms with Crippen LogP contribution in [0.4, 0.5) is 0 Å². The van der Waals surface area contributed by atoms with Gasteiger partial charge >= 0.3 is 5.97 Å². The van der Waals surface area contributed by atoms with E-state index in [1.807, 2.05) is 31.2 Å². The molecule has 90 valence electrons. The van der Waals surface area contributed by atoms with E-state index in [9.17, 15) is 9.59 Å². The van der Waals surface area contributed by atoms with Crippen LogP contribution in [0.1, 0.15) is 24.0 Å². The molecule has 0 saturated heterocycles. The summed E-state index contributed by atoms with van der Waals surface area (Å²) in [5.41, 5.74) is 1.98. The zero-order valence-corrected chi connectivity index (χ0v) is 10.1. The average Bonchev–Trinajstić information content (AvgIpc) is 2.30. The Morgan fingerprint density at radius 2 is 2.06 bits per heavy atom. The molecular formula is C14H16O3. The minimum Gasteiger partial charge on any atom is -0.454 e. The molecule has 0 aromatic heterocycles. The molecule has 0 spiro atoms. The normalized spacial score (nSPS) is 13.5. The first-order valence-electron chi connectivity index (χ1n) is 5.40. The van der Waals surface area contributed by atoms with Gasteiger partial charge in [0, 0.05) is 12.8 Å². The number of rotatable bonds is 5. The third-order valence-electron chi connectivity index (χ3n) is 2.59. The number of ether oxygens (including phenoxy) is 1. The zero-order chi connectivity index (χ0) is 12.8. The van der Waals surface area contributed by atoms with E-state index in [0.29, 0.717) is 6.29 Å². The molecule has 3 heteroatoms. The molecule has 0 saturated carbocycles. The molecule has 0 amide bonds. The molecule has 2 atom stereocenters. The third-order valence-corrected chi connectivity index (χ3v) is 2.59. The van der Waals surface area contributed by atoms with Gasteiger partial charge in [-0.25, -0.2) is 0 Å².